The number of nitrogens with one attached hydrogen (secondary N) is 2. The van der Waals surface area contributed by atoms with Gasteiger partial charge in [0.25, 0.3) is 0 Å². The van der Waals surface area contributed by atoms with Gasteiger partial charge in [-0.05, 0) is 35.8 Å². The molecule has 0 aliphatic carbocycles. The number of hydrogen-bond acceptors (Lipinski definition) is 5. The fourth-order valence-electron chi connectivity index (χ4n) is 2.65. The number of likely N-dealkylation sites (N-methyl/N-ethyl adjacent to an activating group) is 1. The van der Waals surface area contributed by atoms with E-state index in [1.807, 2.05) is 17.5 Å². The van der Waals surface area contributed by atoms with Gasteiger partial charge in [0, 0.05) is 7.05 Å². The molecular formula is C18H16F3N5O2S2. The molecule has 0 atom stereocenters. The van der Waals surface area contributed by atoms with E-state index in [9.17, 15) is 22.8 Å². The Morgan fingerprint density at radius 3 is 2.67 bits per heavy atom. The lowest BCUT2D eigenvalue weighted by atomic mass is 10.1. The van der Waals surface area contributed by atoms with Gasteiger partial charge in [-0.25, -0.2) is 0 Å². The molecule has 0 saturated carbocycles. The molecule has 2 heterocycles. The molecule has 0 unspecified atom stereocenters. The molecule has 2 amide bonds. The Kier molecular flexibility index (Phi) is 6.37. The summed E-state index contributed by atoms with van der Waals surface area (Å²) in [6.45, 7) is -0.601. The van der Waals surface area contributed by atoms with Crippen molar-refractivity contribution in [3.05, 3.63) is 52.1 Å². The highest BCUT2D eigenvalue weighted by atomic mass is 32.1. The first kappa shape index (κ1) is 21.7. The van der Waals surface area contributed by atoms with Crippen molar-refractivity contribution in [1.29, 1.82) is 0 Å². The maximum absolute atomic E-state index is 13.1. The summed E-state index contributed by atoms with van der Waals surface area (Å²) < 4.78 is 40.9. The number of halogens is 3. The van der Waals surface area contributed by atoms with Crippen molar-refractivity contribution >= 4 is 41.1 Å². The van der Waals surface area contributed by atoms with Crippen molar-refractivity contribution in [1.82, 2.24) is 19.7 Å². The highest BCUT2D eigenvalue weighted by molar-refractivity contribution is 7.71. The van der Waals surface area contributed by atoms with Gasteiger partial charge in [0.15, 0.2) is 10.6 Å². The number of anilines is 1. The van der Waals surface area contributed by atoms with Gasteiger partial charge in [0.1, 0.15) is 6.54 Å². The number of para-hydroxylation sites is 1. The van der Waals surface area contributed by atoms with Gasteiger partial charge in [-0.2, -0.15) is 18.3 Å². The number of rotatable bonds is 6. The van der Waals surface area contributed by atoms with E-state index in [4.69, 9.17) is 12.2 Å². The molecule has 2 N–H and O–H groups in total. The molecule has 0 radical (unpaired) electrons. The van der Waals surface area contributed by atoms with Crippen molar-refractivity contribution in [2.45, 2.75) is 12.7 Å². The van der Waals surface area contributed by atoms with Crippen LogP contribution in [0.15, 0.2) is 41.8 Å². The molecule has 0 aliphatic rings. The number of H-pyrrole nitrogens is 1. The third-order valence-corrected chi connectivity index (χ3v) is 5.28. The van der Waals surface area contributed by atoms with Crippen LogP contribution in [0.25, 0.3) is 10.7 Å². The minimum Gasteiger partial charge on any atom is -0.335 e. The van der Waals surface area contributed by atoms with Crippen LogP contribution in [0.2, 0.25) is 0 Å². The summed E-state index contributed by atoms with van der Waals surface area (Å²) in [7, 11) is 1.38. The summed E-state index contributed by atoms with van der Waals surface area (Å²) in [5.41, 5.74) is -1.33. The van der Waals surface area contributed by atoms with Crippen LogP contribution in [0.1, 0.15) is 5.56 Å². The summed E-state index contributed by atoms with van der Waals surface area (Å²) in [6.07, 6.45) is -4.61. The Balaban J connectivity index is 1.67. The summed E-state index contributed by atoms with van der Waals surface area (Å²) in [5.74, 6) is -0.721. The second-order valence-electron chi connectivity index (χ2n) is 6.26. The minimum absolute atomic E-state index is 0.175. The first-order valence-electron chi connectivity index (χ1n) is 8.56. The van der Waals surface area contributed by atoms with Crippen LogP contribution in [0.4, 0.5) is 18.9 Å². The van der Waals surface area contributed by atoms with Crippen LogP contribution in [-0.4, -0.2) is 45.1 Å². The molecule has 0 fully saturated rings. The van der Waals surface area contributed by atoms with E-state index in [0.29, 0.717) is 5.82 Å². The van der Waals surface area contributed by atoms with Gasteiger partial charge >= 0.3 is 6.18 Å². The third-order valence-electron chi connectivity index (χ3n) is 4.11. The highest BCUT2D eigenvalue weighted by Crippen LogP contribution is 2.34. The summed E-state index contributed by atoms with van der Waals surface area (Å²) >= 11 is 6.59. The van der Waals surface area contributed by atoms with Crippen molar-refractivity contribution in [3.8, 4) is 10.7 Å². The summed E-state index contributed by atoms with van der Waals surface area (Å²) in [6, 6.07) is 8.29. The van der Waals surface area contributed by atoms with Gasteiger partial charge in [-0.3, -0.25) is 19.3 Å². The molecule has 30 heavy (non-hydrogen) atoms. The van der Waals surface area contributed by atoms with Gasteiger partial charge in [-0.15, -0.1) is 11.3 Å². The Morgan fingerprint density at radius 2 is 2.00 bits per heavy atom. The van der Waals surface area contributed by atoms with Gasteiger partial charge in [0.2, 0.25) is 11.8 Å². The van der Waals surface area contributed by atoms with E-state index >= 15 is 0 Å². The molecule has 12 heteroatoms. The second kappa shape index (κ2) is 8.79. The van der Waals surface area contributed by atoms with Crippen LogP contribution < -0.4 is 5.32 Å². The number of carbonyl (C=O) groups is 2. The van der Waals surface area contributed by atoms with E-state index in [0.717, 1.165) is 21.9 Å². The fourth-order valence-corrected chi connectivity index (χ4v) is 3.57. The quantitative estimate of drug-likeness (QED) is 0.554. The number of amides is 2. The van der Waals surface area contributed by atoms with Crippen molar-refractivity contribution < 1.29 is 22.8 Å². The molecule has 158 valence electrons. The Morgan fingerprint density at radius 1 is 1.27 bits per heavy atom. The molecule has 0 saturated heterocycles. The predicted octanol–water partition coefficient (Wildman–Crippen LogP) is 3.79. The molecular weight excluding hydrogens is 439 g/mol. The molecule has 0 spiro atoms. The highest BCUT2D eigenvalue weighted by Gasteiger charge is 2.33. The number of aromatic nitrogens is 3. The van der Waals surface area contributed by atoms with Crippen molar-refractivity contribution in [3.63, 3.8) is 0 Å². The Labute approximate surface area is 178 Å². The van der Waals surface area contributed by atoms with Gasteiger partial charge in [0.05, 0.1) is 22.7 Å². The summed E-state index contributed by atoms with van der Waals surface area (Å²) in [5, 5.41) is 10.8. The van der Waals surface area contributed by atoms with Crippen LogP contribution in [-0.2, 0) is 22.3 Å². The van der Waals surface area contributed by atoms with Crippen molar-refractivity contribution in [2.24, 2.45) is 0 Å². The number of aromatic amines is 1. The van der Waals surface area contributed by atoms with E-state index in [2.05, 4.69) is 15.5 Å². The van der Waals surface area contributed by atoms with Crippen LogP contribution in [0.3, 0.4) is 0 Å². The van der Waals surface area contributed by atoms with E-state index in [1.165, 1.54) is 35.1 Å². The number of alkyl halides is 3. The third kappa shape index (κ3) is 4.94. The van der Waals surface area contributed by atoms with Crippen LogP contribution in [0, 0.1) is 4.77 Å². The largest absolute Gasteiger partial charge is 0.418 e. The zero-order valence-corrected chi connectivity index (χ0v) is 17.2. The molecule has 7 nitrogen and oxygen atoms in total. The van der Waals surface area contributed by atoms with E-state index in [-0.39, 0.29) is 17.0 Å². The maximum Gasteiger partial charge on any atom is 0.418 e. The Bertz CT molecular complexity index is 1110. The topological polar surface area (TPSA) is 83.0 Å². The normalized spacial score (nSPS) is 11.3. The number of carbonyl (C=O) groups excluding carboxylic acids is 2. The average molecular weight is 455 g/mol. The molecule has 0 aliphatic heterocycles. The molecule has 3 rings (SSSR count). The number of nitrogens with zero attached hydrogens (tertiary/aromatic N) is 3. The standard InChI is InChI=1S/C18H16F3N5O2S2/c1-25(9-14(27)22-12-6-3-2-5-11(12)18(19,20)21)15(28)10-26-16(23-24-17(26)29)13-7-4-8-30-13/h2-8H,9-10H2,1H3,(H,22,27)(H,24,29). The van der Waals surface area contributed by atoms with Gasteiger partial charge in [-0.1, -0.05) is 18.2 Å². The van der Waals surface area contributed by atoms with Crippen molar-refractivity contribution in [2.75, 3.05) is 18.9 Å². The number of thiophene rings is 1. The second-order valence-corrected chi connectivity index (χ2v) is 7.59. The Hall–Kier alpha value is -2.99. The number of benzene rings is 1. The molecule has 0 bridgehead atoms. The SMILES string of the molecule is CN(CC(=O)Nc1ccccc1C(F)(F)F)C(=O)Cn1c(-c2cccs2)n[nH]c1=S. The summed E-state index contributed by atoms with van der Waals surface area (Å²) in [4.78, 5) is 26.7. The lowest BCUT2D eigenvalue weighted by Crippen LogP contribution is -2.37. The average Bonchev–Trinajstić information content (AvgIpc) is 3.31. The maximum atomic E-state index is 13.1. The molecule has 1 aromatic carbocycles. The lowest BCUT2D eigenvalue weighted by Gasteiger charge is -2.19. The lowest BCUT2D eigenvalue weighted by molar-refractivity contribution is -0.137. The fraction of sp³-hybridized carbons (Fsp3) is 0.222. The molecule has 2 aromatic heterocycles. The monoisotopic (exact) mass is 455 g/mol. The van der Waals surface area contributed by atoms with E-state index in [1.54, 1.807) is 0 Å². The van der Waals surface area contributed by atoms with Gasteiger partial charge < -0.3 is 10.2 Å². The smallest absolute Gasteiger partial charge is 0.335 e. The predicted molar refractivity (Wildman–Crippen MR) is 108 cm³/mol. The zero-order valence-electron chi connectivity index (χ0n) is 15.6. The molecule has 3 aromatic rings. The van der Waals surface area contributed by atoms with Crippen LogP contribution >= 0.6 is 23.6 Å². The first-order valence-corrected chi connectivity index (χ1v) is 9.84. The zero-order chi connectivity index (χ0) is 21.9. The number of hydrogen-bond donors (Lipinski definition) is 2. The first-order chi connectivity index (χ1) is 14.2. The van der Waals surface area contributed by atoms with Crippen LogP contribution in [0.5, 0.6) is 0 Å². The minimum atomic E-state index is -4.61. The van der Waals surface area contributed by atoms with E-state index < -0.39 is 30.1 Å².